The summed E-state index contributed by atoms with van der Waals surface area (Å²) in [5.74, 6) is 1.12. The first-order valence-electron chi connectivity index (χ1n) is 6.75. The summed E-state index contributed by atoms with van der Waals surface area (Å²) in [4.78, 5) is 4.61. The number of thiazole rings is 1. The van der Waals surface area contributed by atoms with Gasteiger partial charge in [-0.25, -0.2) is 4.98 Å². The van der Waals surface area contributed by atoms with E-state index < -0.39 is 8.56 Å². The van der Waals surface area contributed by atoms with Crippen LogP contribution >= 0.6 is 52.6 Å². The monoisotopic (exact) mass is 409 g/mol. The SMILES string of the molecule is CO[Si](C)(CCCSSSSc1nc2ccccc2s1)OC. The van der Waals surface area contributed by atoms with Crippen LogP contribution in [-0.2, 0) is 8.85 Å². The van der Waals surface area contributed by atoms with Crippen LogP contribution in [0.4, 0.5) is 0 Å². The van der Waals surface area contributed by atoms with Gasteiger partial charge < -0.3 is 8.85 Å². The molecule has 122 valence electrons. The van der Waals surface area contributed by atoms with Crippen molar-refractivity contribution < 1.29 is 8.85 Å². The minimum absolute atomic E-state index is 1.04. The van der Waals surface area contributed by atoms with E-state index in [9.17, 15) is 0 Å². The highest BCUT2D eigenvalue weighted by molar-refractivity contribution is 9.26. The molecule has 0 bridgehead atoms. The molecule has 0 aliphatic rings. The van der Waals surface area contributed by atoms with Crippen LogP contribution in [0, 0.1) is 0 Å². The molecule has 0 fully saturated rings. The molecule has 0 aliphatic carbocycles. The van der Waals surface area contributed by atoms with E-state index in [1.54, 1.807) is 46.2 Å². The first-order valence-corrected chi connectivity index (χ1v) is 15.1. The van der Waals surface area contributed by atoms with Crippen LogP contribution < -0.4 is 0 Å². The Kier molecular flexibility index (Phi) is 8.48. The van der Waals surface area contributed by atoms with Crippen molar-refractivity contribution in [1.29, 1.82) is 0 Å². The van der Waals surface area contributed by atoms with E-state index >= 15 is 0 Å². The van der Waals surface area contributed by atoms with Crippen LogP contribution in [0.5, 0.6) is 0 Å². The standard InChI is InChI=1S/C13H19NO2S5Si/c1-15-22(3,16-2)10-6-9-17-20-21-19-13-14-11-7-4-5-8-12(11)18-13/h4-5,7-8H,6,9-10H2,1-3H3. The first kappa shape index (κ1) is 19.0. The first-order chi connectivity index (χ1) is 10.7. The summed E-state index contributed by atoms with van der Waals surface area (Å²) in [6.07, 6.45) is 1.13. The fourth-order valence-electron chi connectivity index (χ4n) is 1.72. The number of benzene rings is 1. The normalized spacial score (nSPS) is 12.1. The molecule has 9 heteroatoms. The van der Waals surface area contributed by atoms with Crippen molar-refractivity contribution in [3.63, 3.8) is 0 Å². The van der Waals surface area contributed by atoms with Gasteiger partial charge in [-0.15, -0.1) is 11.3 Å². The van der Waals surface area contributed by atoms with Crippen molar-refractivity contribution >= 4 is 71.4 Å². The molecule has 1 aromatic heterocycles. The van der Waals surface area contributed by atoms with Gasteiger partial charge in [0.15, 0.2) is 4.34 Å². The molecule has 1 aromatic carbocycles. The zero-order valence-corrected chi connectivity index (χ0v) is 17.8. The zero-order valence-electron chi connectivity index (χ0n) is 12.7. The zero-order chi connectivity index (χ0) is 15.8. The second-order valence-corrected chi connectivity index (χ2v) is 15.5. The molecule has 0 saturated carbocycles. The van der Waals surface area contributed by atoms with E-state index in [2.05, 4.69) is 29.7 Å². The van der Waals surface area contributed by atoms with Crippen LogP contribution in [-0.4, -0.2) is 33.5 Å². The Morgan fingerprint density at radius 2 is 1.95 bits per heavy atom. The molecular weight excluding hydrogens is 391 g/mol. The third-order valence-electron chi connectivity index (χ3n) is 3.18. The topological polar surface area (TPSA) is 31.4 Å². The van der Waals surface area contributed by atoms with E-state index in [1.165, 1.54) is 4.70 Å². The maximum Gasteiger partial charge on any atom is 0.334 e. The predicted molar refractivity (Wildman–Crippen MR) is 108 cm³/mol. The quantitative estimate of drug-likeness (QED) is 0.267. The van der Waals surface area contributed by atoms with Crippen LogP contribution in [0.2, 0.25) is 12.6 Å². The minimum atomic E-state index is -1.88. The third-order valence-corrected chi connectivity index (χ3v) is 13.8. The van der Waals surface area contributed by atoms with Gasteiger partial charge in [-0.05, 0) is 61.6 Å². The van der Waals surface area contributed by atoms with Crippen LogP contribution in [0.25, 0.3) is 10.2 Å². The molecule has 0 unspecified atom stereocenters. The number of nitrogens with zero attached hydrogens (tertiary/aromatic N) is 1. The van der Waals surface area contributed by atoms with Gasteiger partial charge in [0.05, 0.1) is 10.2 Å². The van der Waals surface area contributed by atoms with E-state index in [4.69, 9.17) is 8.85 Å². The molecule has 0 aliphatic heterocycles. The van der Waals surface area contributed by atoms with Crippen molar-refractivity contribution in [3.05, 3.63) is 24.3 Å². The van der Waals surface area contributed by atoms with Crippen molar-refractivity contribution in [1.82, 2.24) is 4.98 Å². The highest BCUT2D eigenvalue weighted by atomic mass is 33.7. The van der Waals surface area contributed by atoms with Gasteiger partial charge in [-0.3, -0.25) is 0 Å². The Bertz CT molecular complexity index is 545. The average Bonchev–Trinajstić information content (AvgIpc) is 2.96. The van der Waals surface area contributed by atoms with Gasteiger partial charge in [0.2, 0.25) is 0 Å². The van der Waals surface area contributed by atoms with E-state index in [-0.39, 0.29) is 0 Å². The second-order valence-electron chi connectivity index (χ2n) is 4.63. The van der Waals surface area contributed by atoms with Gasteiger partial charge in [0, 0.05) is 20.0 Å². The summed E-state index contributed by atoms with van der Waals surface area (Å²) in [6, 6.07) is 9.32. The van der Waals surface area contributed by atoms with Crippen molar-refractivity contribution in [2.45, 2.75) is 23.4 Å². The number of hydrogen-bond donors (Lipinski definition) is 0. The highest BCUT2D eigenvalue weighted by Crippen LogP contribution is 2.48. The molecule has 0 atom stereocenters. The lowest BCUT2D eigenvalue weighted by Crippen LogP contribution is -2.35. The Labute approximate surface area is 152 Å². The summed E-state index contributed by atoms with van der Waals surface area (Å²) in [6.45, 7) is 2.11. The number of para-hydroxylation sites is 1. The van der Waals surface area contributed by atoms with E-state index in [1.807, 2.05) is 26.7 Å². The maximum atomic E-state index is 5.49. The fraction of sp³-hybridized carbons (Fsp3) is 0.462. The maximum absolute atomic E-state index is 5.49. The summed E-state index contributed by atoms with van der Waals surface area (Å²) < 4.78 is 13.4. The molecule has 0 spiro atoms. The number of hydrogen-bond acceptors (Lipinski definition) is 8. The van der Waals surface area contributed by atoms with Crippen molar-refractivity contribution in [3.8, 4) is 0 Å². The second kappa shape index (κ2) is 9.82. The molecule has 0 saturated heterocycles. The molecule has 3 nitrogen and oxygen atoms in total. The molecular formula is C13H19NO2S5Si. The summed E-state index contributed by atoms with van der Waals surface area (Å²) in [5.41, 5.74) is 1.09. The molecule has 2 rings (SSSR count). The van der Waals surface area contributed by atoms with Gasteiger partial charge in [0.25, 0.3) is 0 Å². The Hall–Kier alpha value is 0.647. The summed E-state index contributed by atoms with van der Waals surface area (Å²) >= 11 is 1.76. The van der Waals surface area contributed by atoms with Crippen molar-refractivity contribution in [2.75, 3.05) is 20.0 Å². The lowest BCUT2D eigenvalue weighted by atomic mass is 10.3. The van der Waals surface area contributed by atoms with Gasteiger partial charge in [0.1, 0.15) is 0 Å². The fourth-order valence-corrected chi connectivity index (χ4v) is 10.7. The number of fused-ring (bicyclic) bond motifs is 1. The Balaban J connectivity index is 1.59. The van der Waals surface area contributed by atoms with Gasteiger partial charge >= 0.3 is 8.56 Å². The lowest BCUT2D eigenvalue weighted by Gasteiger charge is -2.22. The van der Waals surface area contributed by atoms with E-state index in [0.717, 1.165) is 28.1 Å². The van der Waals surface area contributed by atoms with Crippen LogP contribution in [0.15, 0.2) is 28.6 Å². The summed E-state index contributed by atoms with van der Waals surface area (Å²) in [7, 11) is 8.86. The average molecular weight is 410 g/mol. The molecule has 2 aromatic rings. The molecule has 0 amide bonds. The van der Waals surface area contributed by atoms with Gasteiger partial charge in [-0.2, -0.15) is 0 Å². The van der Waals surface area contributed by atoms with E-state index in [0.29, 0.717) is 0 Å². The lowest BCUT2D eigenvalue weighted by molar-refractivity contribution is 0.249. The van der Waals surface area contributed by atoms with Gasteiger partial charge in [-0.1, -0.05) is 22.9 Å². The largest absolute Gasteiger partial charge is 0.398 e. The summed E-state index contributed by atoms with van der Waals surface area (Å²) in [5, 5.41) is 0. The highest BCUT2D eigenvalue weighted by Gasteiger charge is 2.27. The van der Waals surface area contributed by atoms with Crippen molar-refractivity contribution in [2.24, 2.45) is 0 Å². The minimum Gasteiger partial charge on any atom is -0.398 e. The molecule has 0 N–H and O–H groups in total. The Morgan fingerprint density at radius 3 is 2.68 bits per heavy atom. The molecule has 22 heavy (non-hydrogen) atoms. The Morgan fingerprint density at radius 1 is 1.18 bits per heavy atom. The van der Waals surface area contributed by atoms with Crippen LogP contribution in [0.3, 0.4) is 0 Å². The predicted octanol–water partition coefficient (Wildman–Crippen LogP) is 6.09. The molecule has 1 heterocycles. The smallest absolute Gasteiger partial charge is 0.334 e. The third kappa shape index (κ3) is 5.93. The molecule has 0 radical (unpaired) electrons. The number of aromatic nitrogens is 1. The van der Waals surface area contributed by atoms with Crippen LogP contribution in [0.1, 0.15) is 6.42 Å². The number of rotatable bonds is 10.